The summed E-state index contributed by atoms with van der Waals surface area (Å²) in [5, 5.41) is 20.3. The zero-order chi connectivity index (χ0) is 13.9. The van der Waals surface area contributed by atoms with Crippen LogP contribution in [0.4, 0.5) is 11.4 Å². The molecular formula is C17H14N2O. The highest BCUT2D eigenvalue weighted by molar-refractivity contribution is 5.95. The van der Waals surface area contributed by atoms with Crippen molar-refractivity contribution in [1.82, 2.24) is 0 Å². The van der Waals surface area contributed by atoms with E-state index >= 15 is 0 Å². The molecule has 3 aromatic rings. The highest BCUT2D eigenvalue weighted by Crippen LogP contribution is 2.35. The van der Waals surface area contributed by atoms with Crippen molar-refractivity contribution in [2.45, 2.75) is 6.92 Å². The van der Waals surface area contributed by atoms with Crippen molar-refractivity contribution in [3.05, 3.63) is 66.2 Å². The number of rotatable bonds is 2. The molecule has 0 amide bonds. The molecule has 1 N–H and O–H groups in total. The second kappa shape index (κ2) is 5.13. The first-order valence-corrected chi connectivity index (χ1v) is 6.43. The lowest BCUT2D eigenvalue weighted by molar-refractivity contribution is 0.477. The van der Waals surface area contributed by atoms with Crippen molar-refractivity contribution in [2.24, 2.45) is 10.2 Å². The Labute approximate surface area is 117 Å². The van der Waals surface area contributed by atoms with E-state index in [2.05, 4.69) is 10.2 Å². The van der Waals surface area contributed by atoms with E-state index in [0.717, 1.165) is 16.5 Å². The molecule has 0 bridgehead atoms. The summed E-state index contributed by atoms with van der Waals surface area (Å²) in [6.07, 6.45) is 0. The van der Waals surface area contributed by atoms with E-state index in [1.165, 1.54) is 5.56 Å². The quantitative estimate of drug-likeness (QED) is 0.628. The molecule has 0 unspecified atom stereocenters. The Morgan fingerprint density at radius 2 is 1.55 bits per heavy atom. The third kappa shape index (κ3) is 2.38. The van der Waals surface area contributed by atoms with Gasteiger partial charge in [-0.3, -0.25) is 0 Å². The van der Waals surface area contributed by atoms with E-state index in [0.29, 0.717) is 5.69 Å². The minimum atomic E-state index is 0.138. The number of benzene rings is 3. The Kier molecular flexibility index (Phi) is 3.17. The van der Waals surface area contributed by atoms with Crippen molar-refractivity contribution < 1.29 is 5.11 Å². The van der Waals surface area contributed by atoms with Crippen LogP contribution in [-0.2, 0) is 0 Å². The number of phenols is 1. The first-order valence-electron chi connectivity index (χ1n) is 6.43. The Balaban J connectivity index is 2.06. The van der Waals surface area contributed by atoms with Gasteiger partial charge in [0.1, 0.15) is 11.4 Å². The highest BCUT2D eigenvalue weighted by atomic mass is 16.3. The fourth-order valence-corrected chi connectivity index (χ4v) is 2.07. The third-order valence-electron chi connectivity index (χ3n) is 3.18. The predicted octanol–water partition coefficient (Wildman–Crippen LogP) is 5.27. The molecule has 20 heavy (non-hydrogen) atoms. The monoisotopic (exact) mass is 262 g/mol. The van der Waals surface area contributed by atoms with Gasteiger partial charge in [-0.05, 0) is 30.5 Å². The van der Waals surface area contributed by atoms with Gasteiger partial charge in [0.05, 0.1) is 5.69 Å². The second-order valence-electron chi connectivity index (χ2n) is 4.69. The number of azo groups is 1. The van der Waals surface area contributed by atoms with Crippen molar-refractivity contribution in [2.75, 3.05) is 0 Å². The molecule has 0 spiro atoms. The molecule has 0 fully saturated rings. The van der Waals surface area contributed by atoms with Gasteiger partial charge in [-0.25, -0.2) is 0 Å². The average Bonchev–Trinajstić information content (AvgIpc) is 2.48. The van der Waals surface area contributed by atoms with Gasteiger partial charge in [-0.15, -0.1) is 5.11 Å². The molecule has 0 aliphatic heterocycles. The van der Waals surface area contributed by atoms with Crippen LogP contribution in [0.25, 0.3) is 10.8 Å². The second-order valence-corrected chi connectivity index (χ2v) is 4.69. The van der Waals surface area contributed by atoms with Crippen molar-refractivity contribution in [3.63, 3.8) is 0 Å². The Hall–Kier alpha value is -2.68. The standard InChI is InChI=1S/C17H14N2O/c1-12-6-9-14(10-7-12)18-19-17-15-5-3-2-4-13(15)8-11-16(17)20/h2-11,20H,1H3/b19-18+. The van der Waals surface area contributed by atoms with Crippen molar-refractivity contribution >= 4 is 22.1 Å². The minimum Gasteiger partial charge on any atom is -0.506 e. The summed E-state index contributed by atoms with van der Waals surface area (Å²) in [4.78, 5) is 0. The van der Waals surface area contributed by atoms with E-state index in [9.17, 15) is 5.11 Å². The van der Waals surface area contributed by atoms with Crippen LogP contribution in [0, 0.1) is 6.92 Å². The number of aromatic hydroxyl groups is 1. The number of aryl methyl sites for hydroxylation is 1. The number of nitrogens with zero attached hydrogens (tertiary/aromatic N) is 2. The van der Waals surface area contributed by atoms with Gasteiger partial charge in [-0.2, -0.15) is 5.11 Å². The number of phenolic OH excluding ortho intramolecular Hbond substituents is 1. The SMILES string of the molecule is Cc1ccc(/N=N/c2c(O)ccc3ccccc23)cc1. The molecule has 3 aromatic carbocycles. The maximum absolute atomic E-state index is 9.98. The van der Waals surface area contributed by atoms with Gasteiger partial charge >= 0.3 is 0 Å². The molecule has 3 rings (SSSR count). The van der Waals surface area contributed by atoms with E-state index in [1.54, 1.807) is 6.07 Å². The third-order valence-corrected chi connectivity index (χ3v) is 3.18. The summed E-state index contributed by atoms with van der Waals surface area (Å²) in [6, 6.07) is 19.1. The minimum absolute atomic E-state index is 0.138. The van der Waals surface area contributed by atoms with Crippen LogP contribution in [-0.4, -0.2) is 5.11 Å². The molecule has 0 saturated heterocycles. The first-order chi connectivity index (χ1) is 9.74. The van der Waals surface area contributed by atoms with Crippen LogP contribution in [0.5, 0.6) is 5.75 Å². The summed E-state index contributed by atoms with van der Waals surface area (Å²) in [7, 11) is 0. The summed E-state index contributed by atoms with van der Waals surface area (Å²) in [6.45, 7) is 2.03. The van der Waals surface area contributed by atoms with Gasteiger partial charge in [0.25, 0.3) is 0 Å². The number of hydrogen-bond donors (Lipinski definition) is 1. The molecule has 0 saturated carbocycles. The zero-order valence-corrected chi connectivity index (χ0v) is 11.1. The van der Waals surface area contributed by atoms with Gasteiger partial charge in [0, 0.05) is 5.39 Å². The van der Waals surface area contributed by atoms with E-state index in [1.807, 2.05) is 61.5 Å². The van der Waals surface area contributed by atoms with Gasteiger partial charge in [-0.1, -0.05) is 48.0 Å². The molecule has 98 valence electrons. The van der Waals surface area contributed by atoms with E-state index in [4.69, 9.17) is 0 Å². The molecule has 3 heteroatoms. The first kappa shape index (κ1) is 12.4. The van der Waals surface area contributed by atoms with E-state index < -0.39 is 0 Å². The Bertz CT molecular complexity index is 777. The van der Waals surface area contributed by atoms with Crippen LogP contribution >= 0.6 is 0 Å². The smallest absolute Gasteiger partial charge is 0.143 e. The van der Waals surface area contributed by atoms with Crippen LogP contribution in [0.3, 0.4) is 0 Å². The summed E-state index contributed by atoms with van der Waals surface area (Å²) in [5.74, 6) is 0.138. The lowest BCUT2D eigenvalue weighted by Crippen LogP contribution is -1.75. The average molecular weight is 262 g/mol. The van der Waals surface area contributed by atoms with Crippen LogP contribution < -0.4 is 0 Å². The van der Waals surface area contributed by atoms with Crippen LogP contribution in [0.1, 0.15) is 5.56 Å². The van der Waals surface area contributed by atoms with Gasteiger partial charge in [0.15, 0.2) is 0 Å². The lowest BCUT2D eigenvalue weighted by atomic mass is 10.1. The molecular weight excluding hydrogens is 248 g/mol. The normalized spacial score (nSPS) is 11.2. The molecule has 0 atom stereocenters. The summed E-state index contributed by atoms with van der Waals surface area (Å²) in [5.41, 5.74) is 2.45. The summed E-state index contributed by atoms with van der Waals surface area (Å²) < 4.78 is 0. The molecule has 0 aromatic heterocycles. The van der Waals surface area contributed by atoms with Gasteiger partial charge < -0.3 is 5.11 Å². The van der Waals surface area contributed by atoms with Crippen LogP contribution in [0.2, 0.25) is 0 Å². The predicted molar refractivity (Wildman–Crippen MR) is 81.0 cm³/mol. The van der Waals surface area contributed by atoms with Crippen LogP contribution in [0.15, 0.2) is 70.9 Å². The Morgan fingerprint density at radius 1 is 0.800 bits per heavy atom. The topological polar surface area (TPSA) is 45.0 Å². The maximum Gasteiger partial charge on any atom is 0.143 e. The summed E-state index contributed by atoms with van der Waals surface area (Å²) >= 11 is 0. The van der Waals surface area contributed by atoms with Gasteiger partial charge in [0.2, 0.25) is 0 Å². The highest BCUT2D eigenvalue weighted by Gasteiger charge is 2.05. The molecule has 3 nitrogen and oxygen atoms in total. The maximum atomic E-state index is 9.98. The van der Waals surface area contributed by atoms with Crippen molar-refractivity contribution in [3.8, 4) is 5.75 Å². The molecule has 0 aliphatic rings. The molecule has 0 radical (unpaired) electrons. The fourth-order valence-electron chi connectivity index (χ4n) is 2.07. The molecule has 0 heterocycles. The Morgan fingerprint density at radius 3 is 2.35 bits per heavy atom. The number of fused-ring (bicyclic) bond motifs is 1. The lowest BCUT2D eigenvalue weighted by Gasteiger charge is -2.03. The molecule has 0 aliphatic carbocycles. The fraction of sp³-hybridized carbons (Fsp3) is 0.0588. The van der Waals surface area contributed by atoms with Crippen molar-refractivity contribution in [1.29, 1.82) is 0 Å². The zero-order valence-electron chi connectivity index (χ0n) is 11.1. The number of hydrogen-bond acceptors (Lipinski definition) is 3. The van der Waals surface area contributed by atoms with E-state index in [-0.39, 0.29) is 5.75 Å². The largest absolute Gasteiger partial charge is 0.506 e.